The molecule has 1 amide bonds. The van der Waals surface area contributed by atoms with Gasteiger partial charge in [0.1, 0.15) is 0 Å². The van der Waals surface area contributed by atoms with Crippen LogP contribution >= 0.6 is 0 Å². The third-order valence-electron chi connectivity index (χ3n) is 3.57. The second kappa shape index (κ2) is 5.31. The quantitative estimate of drug-likeness (QED) is 0.702. The van der Waals surface area contributed by atoms with Gasteiger partial charge in [-0.1, -0.05) is 12.8 Å². The topological polar surface area (TPSA) is 78.0 Å². The molecule has 1 fully saturated rings. The molecule has 1 aromatic rings. The van der Waals surface area contributed by atoms with E-state index in [4.69, 9.17) is 0 Å². The number of carbonyl (C=O) groups is 1. The number of nitrogens with zero attached hydrogens (tertiary/aromatic N) is 1. The lowest BCUT2D eigenvalue weighted by Crippen LogP contribution is -2.38. The monoisotopic (exact) mass is 237 g/mol. The van der Waals surface area contributed by atoms with E-state index in [0.717, 1.165) is 31.4 Å². The molecular formula is C12H19N3O2. The molecule has 0 aliphatic heterocycles. The van der Waals surface area contributed by atoms with E-state index in [1.54, 1.807) is 12.3 Å². The highest BCUT2D eigenvalue weighted by molar-refractivity contribution is 5.78. The molecule has 1 aromatic heterocycles. The van der Waals surface area contributed by atoms with Gasteiger partial charge in [-0.05, 0) is 18.9 Å². The SMILES string of the molecule is O=C(Cc1ccn[nH]1)NCC1(CO)CCCC1. The number of aromatic amines is 1. The Bertz CT molecular complexity index is 356. The molecule has 1 heterocycles. The number of H-pyrrole nitrogens is 1. The van der Waals surface area contributed by atoms with Gasteiger partial charge in [0.2, 0.25) is 5.91 Å². The highest BCUT2D eigenvalue weighted by atomic mass is 16.3. The number of rotatable bonds is 5. The van der Waals surface area contributed by atoms with Crippen molar-refractivity contribution in [1.82, 2.24) is 15.5 Å². The summed E-state index contributed by atoms with van der Waals surface area (Å²) >= 11 is 0. The fourth-order valence-corrected chi connectivity index (χ4v) is 2.42. The van der Waals surface area contributed by atoms with Crippen LogP contribution < -0.4 is 5.32 Å². The minimum atomic E-state index is -0.0797. The van der Waals surface area contributed by atoms with Gasteiger partial charge in [-0.3, -0.25) is 9.89 Å². The van der Waals surface area contributed by atoms with E-state index in [9.17, 15) is 9.90 Å². The summed E-state index contributed by atoms with van der Waals surface area (Å²) in [6, 6.07) is 1.79. The molecule has 1 aliphatic rings. The predicted molar refractivity (Wildman–Crippen MR) is 63.3 cm³/mol. The molecule has 3 N–H and O–H groups in total. The number of aliphatic hydroxyl groups excluding tert-OH is 1. The molecule has 0 saturated heterocycles. The predicted octanol–water partition coefficient (Wildman–Crippen LogP) is 0.621. The first-order chi connectivity index (χ1) is 8.24. The van der Waals surface area contributed by atoms with Gasteiger partial charge in [-0.25, -0.2) is 0 Å². The van der Waals surface area contributed by atoms with Gasteiger partial charge in [0, 0.05) is 23.9 Å². The van der Waals surface area contributed by atoms with Crippen molar-refractivity contribution in [2.45, 2.75) is 32.1 Å². The van der Waals surface area contributed by atoms with Crippen LogP contribution in [0.3, 0.4) is 0 Å². The van der Waals surface area contributed by atoms with E-state index in [1.165, 1.54) is 0 Å². The van der Waals surface area contributed by atoms with Crippen LogP contribution in [0.4, 0.5) is 0 Å². The van der Waals surface area contributed by atoms with Crippen LogP contribution in [0.15, 0.2) is 12.3 Å². The zero-order valence-electron chi connectivity index (χ0n) is 9.91. The van der Waals surface area contributed by atoms with Crippen LogP contribution in [0, 0.1) is 5.41 Å². The normalized spacial score (nSPS) is 18.2. The molecule has 5 heteroatoms. The summed E-state index contributed by atoms with van der Waals surface area (Å²) < 4.78 is 0. The fraction of sp³-hybridized carbons (Fsp3) is 0.667. The van der Waals surface area contributed by atoms with Crippen molar-refractivity contribution >= 4 is 5.91 Å². The highest BCUT2D eigenvalue weighted by Gasteiger charge is 2.33. The van der Waals surface area contributed by atoms with Crippen LogP contribution in [-0.2, 0) is 11.2 Å². The van der Waals surface area contributed by atoms with Crippen molar-refractivity contribution < 1.29 is 9.90 Å². The molecule has 0 bridgehead atoms. The fourth-order valence-electron chi connectivity index (χ4n) is 2.42. The maximum absolute atomic E-state index is 11.7. The van der Waals surface area contributed by atoms with Crippen LogP contribution in [0.1, 0.15) is 31.4 Å². The molecular weight excluding hydrogens is 218 g/mol. The highest BCUT2D eigenvalue weighted by Crippen LogP contribution is 2.36. The number of nitrogens with one attached hydrogen (secondary N) is 2. The largest absolute Gasteiger partial charge is 0.396 e. The first-order valence-electron chi connectivity index (χ1n) is 6.10. The second-order valence-corrected chi connectivity index (χ2v) is 4.90. The molecule has 1 saturated carbocycles. The summed E-state index contributed by atoms with van der Waals surface area (Å²) in [7, 11) is 0. The molecule has 2 rings (SSSR count). The van der Waals surface area contributed by atoms with Crippen molar-refractivity contribution in [2.75, 3.05) is 13.2 Å². The van der Waals surface area contributed by atoms with E-state index in [1.807, 2.05) is 0 Å². The van der Waals surface area contributed by atoms with Gasteiger partial charge >= 0.3 is 0 Å². The first kappa shape index (κ1) is 12.1. The lowest BCUT2D eigenvalue weighted by molar-refractivity contribution is -0.121. The summed E-state index contributed by atoms with van der Waals surface area (Å²) in [6.07, 6.45) is 6.27. The Morgan fingerprint density at radius 2 is 2.29 bits per heavy atom. The average molecular weight is 237 g/mol. The molecule has 17 heavy (non-hydrogen) atoms. The Kier molecular flexibility index (Phi) is 3.78. The maximum Gasteiger partial charge on any atom is 0.226 e. The number of hydrogen-bond acceptors (Lipinski definition) is 3. The van der Waals surface area contributed by atoms with Crippen LogP contribution in [0.25, 0.3) is 0 Å². The summed E-state index contributed by atoms with van der Waals surface area (Å²) in [5.41, 5.74) is 0.732. The number of hydrogen-bond donors (Lipinski definition) is 3. The van der Waals surface area contributed by atoms with Crippen molar-refractivity contribution in [3.8, 4) is 0 Å². The average Bonchev–Trinajstić information content (AvgIpc) is 2.98. The second-order valence-electron chi connectivity index (χ2n) is 4.90. The molecule has 0 unspecified atom stereocenters. The number of aliphatic hydroxyl groups is 1. The van der Waals surface area contributed by atoms with Crippen molar-refractivity contribution in [3.63, 3.8) is 0 Å². The Morgan fingerprint density at radius 3 is 2.88 bits per heavy atom. The minimum absolute atomic E-state index is 0.0195. The summed E-state index contributed by atoms with van der Waals surface area (Å²) in [5.74, 6) is -0.0195. The van der Waals surface area contributed by atoms with E-state index in [2.05, 4.69) is 15.5 Å². The first-order valence-corrected chi connectivity index (χ1v) is 6.10. The summed E-state index contributed by atoms with van der Waals surface area (Å²) in [6.45, 7) is 0.744. The third-order valence-corrected chi connectivity index (χ3v) is 3.57. The van der Waals surface area contributed by atoms with Crippen LogP contribution in [-0.4, -0.2) is 34.4 Å². The lowest BCUT2D eigenvalue weighted by Gasteiger charge is -2.26. The smallest absolute Gasteiger partial charge is 0.226 e. The zero-order chi connectivity index (χ0) is 12.1. The Hall–Kier alpha value is -1.36. The number of carbonyl (C=O) groups excluding carboxylic acids is 1. The third kappa shape index (κ3) is 3.06. The Morgan fingerprint density at radius 1 is 1.53 bits per heavy atom. The van der Waals surface area contributed by atoms with E-state index >= 15 is 0 Å². The Balaban J connectivity index is 1.79. The lowest BCUT2D eigenvalue weighted by atomic mass is 9.87. The zero-order valence-corrected chi connectivity index (χ0v) is 9.91. The number of amides is 1. The van der Waals surface area contributed by atoms with Gasteiger partial charge in [-0.2, -0.15) is 5.10 Å². The van der Waals surface area contributed by atoms with Gasteiger partial charge < -0.3 is 10.4 Å². The van der Waals surface area contributed by atoms with Crippen molar-refractivity contribution in [1.29, 1.82) is 0 Å². The standard InChI is InChI=1S/C12H19N3O2/c16-9-12(4-1-2-5-12)8-13-11(17)7-10-3-6-14-15-10/h3,6,16H,1-2,4-5,7-9H2,(H,13,17)(H,14,15). The molecule has 0 spiro atoms. The molecule has 0 aromatic carbocycles. The van der Waals surface area contributed by atoms with Gasteiger partial charge in [0.15, 0.2) is 0 Å². The van der Waals surface area contributed by atoms with Gasteiger partial charge in [0.05, 0.1) is 13.0 Å². The molecule has 0 atom stereocenters. The van der Waals surface area contributed by atoms with Crippen LogP contribution in [0.2, 0.25) is 0 Å². The summed E-state index contributed by atoms with van der Waals surface area (Å²) in [4.78, 5) is 11.7. The number of aromatic nitrogens is 2. The van der Waals surface area contributed by atoms with E-state index < -0.39 is 0 Å². The van der Waals surface area contributed by atoms with Crippen molar-refractivity contribution in [3.05, 3.63) is 18.0 Å². The molecule has 5 nitrogen and oxygen atoms in total. The van der Waals surface area contributed by atoms with E-state index in [0.29, 0.717) is 13.0 Å². The summed E-state index contributed by atoms with van der Waals surface area (Å²) in [5, 5.41) is 18.9. The Labute approximate surface area is 101 Å². The van der Waals surface area contributed by atoms with Crippen LogP contribution in [0.5, 0.6) is 0 Å². The molecule has 1 aliphatic carbocycles. The molecule has 94 valence electrons. The van der Waals surface area contributed by atoms with Gasteiger partial charge in [0.25, 0.3) is 0 Å². The molecule has 0 radical (unpaired) electrons. The minimum Gasteiger partial charge on any atom is -0.396 e. The van der Waals surface area contributed by atoms with Crippen molar-refractivity contribution in [2.24, 2.45) is 5.41 Å². The maximum atomic E-state index is 11.7. The van der Waals surface area contributed by atoms with E-state index in [-0.39, 0.29) is 17.9 Å². The van der Waals surface area contributed by atoms with Gasteiger partial charge in [-0.15, -0.1) is 0 Å².